The summed E-state index contributed by atoms with van der Waals surface area (Å²) in [5, 5.41) is 19.6. The molecule has 0 fully saturated rings. The van der Waals surface area contributed by atoms with Crippen LogP contribution >= 0.6 is 7.80 Å². The highest BCUT2D eigenvalue weighted by atomic mass is 31.1. The minimum absolute atomic E-state index is 0.00890. The molecular formula is C8H14NO5P. The average Bonchev–Trinajstić information content (AvgIpc) is 2.16. The van der Waals surface area contributed by atoms with E-state index in [2.05, 4.69) is 5.32 Å². The first-order valence-electron chi connectivity index (χ1n) is 4.25. The van der Waals surface area contributed by atoms with Crippen LogP contribution in [-0.2, 0) is 14.2 Å². The Hall–Kier alpha value is -0.970. The van der Waals surface area contributed by atoms with Crippen LogP contribution in [0.1, 0.15) is 6.92 Å². The predicted octanol–water partition coefficient (Wildman–Crippen LogP) is -0.359. The number of hydrogen-bond acceptors (Lipinski definition) is 5. The Morgan fingerprint density at radius 1 is 1.53 bits per heavy atom. The lowest BCUT2D eigenvalue weighted by molar-refractivity contribution is -0.131. The van der Waals surface area contributed by atoms with Gasteiger partial charge in [0.25, 0.3) is 0 Å². The van der Waals surface area contributed by atoms with Crippen LogP contribution in [-0.4, -0.2) is 40.6 Å². The molecule has 2 atom stereocenters. The van der Waals surface area contributed by atoms with E-state index in [1.54, 1.807) is 0 Å². The van der Waals surface area contributed by atoms with Gasteiger partial charge in [-0.05, 0) is 6.92 Å². The first kappa shape index (κ1) is 14.0. The van der Waals surface area contributed by atoms with Crippen molar-refractivity contribution in [3.8, 4) is 0 Å². The number of Topliss-reactive ketones (excluding diaryl/α,β-unsaturated/α-hetero) is 1. The summed E-state index contributed by atoms with van der Waals surface area (Å²) in [5.74, 6) is -2.09. The number of carbonyl (C=O) groups excluding carboxylic acids is 1. The summed E-state index contributed by atoms with van der Waals surface area (Å²) in [6.07, 6.45) is 1.48. The molecule has 0 radical (unpaired) electrons. The summed E-state index contributed by atoms with van der Waals surface area (Å²) in [4.78, 5) is 20.9. The SMILES string of the molecule is CC(=O)CNC(C=CC(=O)O)[PH](=O)CO. The van der Waals surface area contributed by atoms with Crippen LogP contribution in [0.4, 0.5) is 0 Å². The van der Waals surface area contributed by atoms with Crippen molar-refractivity contribution >= 4 is 19.6 Å². The minimum Gasteiger partial charge on any atom is -0.478 e. The van der Waals surface area contributed by atoms with Gasteiger partial charge in [-0.25, -0.2) is 4.79 Å². The lowest BCUT2D eigenvalue weighted by Crippen LogP contribution is -2.29. The topological polar surface area (TPSA) is 104 Å². The number of carbonyl (C=O) groups is 2. The molecule has 0 aromatic heterocycles. The Labute approximate surface area is 87.8 Å². The van der Waals surface area contributed by atoms with Gasteiger partial charge in [-0.2, -0.15) is 0 Å². The van der Waals surface area contributed by atoms with Gasteiger partial charge >= 0.3 is 5.97 Å². The molecule has 15 heavy (non-hydrogen) atoms. The smallest absolute Gasteiger partial charge is 0.328 e. The van der Waals surface area contributed by atoms with Crippen molar-refractivity contribution in [3.63, 3.8) is 0 Å². The minimum atomic E-state index is -2.37. The molecule has 0 bridgehead atoms. The van der Waals surface area contributed by atoms with Gasteiger partial charge in [-0.1, -0.05) is 6.08 Å². The van der Waals surface area contributed by atoms with E-state index in [0.29, 0.717) is 0 Å². The largest absolute Gasteiger partial charge is 0.478 e. The van der Waals surface area contributed by atoms with Gasteiger partial charge in [-0.15, -0.1) is 0 Å². The van der Waals surface area contributed by atoms with Crippen molar-refractivity contribution < 1.29 is 24.4 Å². The fourth-order valence-corrected chi connectivity index (χ4v) is 1.66. The van der Waals surface area contributed by atoms with E-state index >= 15 is 0 Å². The van der Waals surface area contributed by atoms with Crippen molar-refractivity contribution in [2.45, 2.75) is 12.7 Å². The molecule has 0 aliphatic heterocycles. The Bertz CT molecular complexity index is 289. The number of aliphatic hydroxyl groups is 1. The second kappa shape index (κ2) is 7.34. The van der Waals surface area contributed by atoms with Crippen LogP contribution in [0.25, 0.3) is 0 Å². The molecule has 6 nitrogen and oxygen atoms in total. The normalized spacial score (nSPS) is 15.1. The van der Waals surface area contributed by atoms with Crippen LogP contribution in [0.3, 0.4) is 0 Å². The highest BCUT2D eigenvalue weighted by Gasteiger charge is 2.12. The van der Waals surface area contributed by atoms with E-state index < -0.39 is 25.9 Å². The third kappa shape index (κ3) is 7.02. The molecule has 0 aromatic rings. The van der Waals surface area contributed by atoms with E-state index in [4.69, 9.17) is 10.2 Å². The van der Waals surface area contributed by atoms with Crippen LogP contribution in [0, 0.1) is 0 Å². The van der Waals surface area contributed by atoms with Gasteiger partial charge in [0, 0.05) is 6.08 Å². The molecule has 86 valence electrons. The first-order valence-corrected chi connectivity index (χ1v) is 5.94. The number of carboxylic acid groups (broad SMARTS) is 1. The van der Waals surface area contributed by atoms with Crippen LogP contribution in [0.15, 0.2) is 12.2 Å². The van der Waals surface area contributed by atoms with E-state index in [-0.39, 0.29) is 12.3 Å². The Morgan fingerprint density at radius 3 is 2.53 bits per heavy atom. The summed E-state index contributed by atoms with van der Waals surface area (Å²) in [5.41, 5.74) is 0. The van der Waals surface area contributed by atoms with E-state index in [0.717, 1.165) is 6.08 Å². The highest BCUT2D eigenvalue weighted by Crippen LogP contribution is 2.25. The number of aliphatic carboxylic acids is 1. The van der Waals surface area contributed by atoms with Crippen molar-refractivity contribution in [3.05, 3.63) is 12.2 Å². The molecular weight excluding hydrogens is 221 g/mol. The molecule has 0 saturated carbocycles. The third-order valence-electron chi connectivity index (χ3n) is 1.50. The molecule has 7 heteroatoms. The number of carboxylic acids is 1. The summed E-state index contributed by atoms with van der Waals surface area (Å²) in [6.45, 7) is 1.34. The number of ketones is 1. The second-order valence-corrected chi connectivity index (χ2v) is 4.75. The van der Waals surface area contributed by atoms with Crippen LogP contribution in [0.5, 0.6) is 0 Å². The Kier molecular flexibility index (Phi) is 6.86. The summed E-state index contributed by atoms with van der Waals surface area (Å²) in [7, 11) is -2.37. The fourth-order valence-electron chi connectivity index (χ4n) is 0.820. The van der Waals surface area contributed by atoms with Gasteiger partial charge in [0.15, 0.2) is 0 Å². The van der Waals surface area contributed by atoms with Gasteiger partial charge in [0.1, 0.15) is 13.6 Å². The zero-order valence-corrected chi connectivity index (χ0v) is 9.27. The van der Waals surface area contributed by atoms with Gasteiger partial charge in [0.2, 0.25) is 0 Å². The molecule has 0 heterocycles. The highest BCUT2D eigenvalue weighted by molar-refractivity contribution is 7.45. The number of aliphatic hydroxyl groups excluding tert-OH is 1. The maximum Gasteiger partial charge on any atom is 0.328 e. The van der Waals surface area contributed by atoms with Crippen molar-refractivity contribution in [2.24, 2.45) is 0 Å². The third-order valence-corrected chi connectivity index (χ3v) is 2.91. The van der Waals surface area contributed by atoms with E-state index in [9.17, 15) is 14.2 Å². The quantitative estimate of drug-likeness (QED) is 0.411. The molecule has 0 rings (SSSR count). The monoisotopic (exact) mass is 235 g/mol. The standard InChI is InChI=1S/C8H14NO5P/c1-6(11)4-9-7(15(14)5-10)2-3-8(12)13/h2-3,7,9-10,15H,4-5H2,1H3,(H,12,13). The lowest BCUT2D eigenvalue weighted by Gasteiger charge is -2.11. The predicted molar refractivity (Wildman–Crippen MR) is 55.3 cm³/mol. The number of hydrogen-bond donors (Lipinski definition) is 3. The van der Waals surface area contributed by atoms with Crippen LogP contribution in [0.2, 0.25) is 0 Å². The second-order valence-electron chi connectivity index (χ2n) is 2.88. The van der Waals surface area contributed by atoms with E-state index in [1.165, 1.54) is 13.0 Å². The van der Waals surface area contributed by atoms with E-state index in [1.807, 2.05) is 0 Å². The van der Waals surface area contributed by atoms with Gasteiger partial charge in [-0.3, -0.25) is 10.1 Å². The molecule has 0 saturated heterocycles. The van der Waals surface area contributed by atoms with Crippen molar-refractivity contribution in [1.29, 1.82) is 0 Å². The molecule has 0 aliphatic rings. The lowest BCUT2D eigenvalue weighted by atomic mass is 10.4. The molecule has 0 amide bonds. The Morgan fingerprint density at radius 2 is 2.13 bits per heavy atom. The van der Waals surface area contributed by atoms with Crippen molar-refractivity contribution in [1.82, 2.24) is 5.32 Å². The van der Waals surface area contributed by atoms with Crippen LogP contribution < -0.4 is 5.32 Å². The molecule has 0 aliphatic carbocycles. The maximum absolute atomic E-state index is 11.3. The summed E-state index contributed by atoms with van der Waals surface area (Å²) in [6, 6.07) is 0. The average molecular weight is 235 g/mol. The van der Waals surface area contributed by atoms with Gasteiger partial charge in [0.05, 0.1) is 18.7 Å². The van der Waals surface area contributed by atoms with Crippen molar-refractivity contribution in [2.75, 3.05) is 12.9 Å². The molecule has 2 unspecified atom stereocenters. The fraction of sp³-hybridized carbons (Fsp3) is 0.500. The zero-order valence-electron chi connectivity index (χ0n) is 8.27. The van der Waals surface area contributed by atoms with Gasteiger partial charge < -0.3 is 14.8 Å². The first-order chi connectivity index (χ1) is 6.97. The number of nitrogens with one attached hydrogen (secondary N) is 1. The summed E-state index contributed by atoms with van der Waals surface area (Å²) >= 11 is 0. The Balaban J connectivity index is 4.37. The summed E-state index contributed by atoms with van der Waals surface area (Å²) < 4.78 is 11.3. The molecule has 3 N–H and O–H groups in total. The molecule has 0 spiro atoms. The zero-order chi connectivity index (χ0) is 11.8. The number of rotatable bonds is 7. The maximum atomic E-state index is 11.3. The molecule has 0 aromatic carbocycles.